The topological polar surface area (TPSA) is 59.0 Å². The third-order valence-electron chi connectivity index (χ3n) is 3.55. The number of morpholine rings is 1. The number of aliphatic hydroxyl groups is 1. The molecule has 20 heavy (non-hydrogen) atoms. The van der Waals surface area contributed by atoms with Crippen molar-refractivity contribution in [3.63, 3.8) is 0 Å². The minimum atomic E-state index is -0.202. The first-order valence-corrected chi connectivity index (χ1v) is 6.85. The summed E-state index contributed by atoms with van der Waals surface area (Å²) in [6, 6.07) is 7.52. The highest BCUT2D eigenvalue weighted by Crippen LogP contribution is 2.14. The zero-order valence-corrected chi connectivity index (χ0v) is 11.7. The second kappa shape index (κ2) is 7.26. The average Bonchev–Trinajstić information content (AvgIpc) is 2.53. The van der Waals surface area contributed by atoms with Crippen LogP contribution < -0.4 is 4.74 Å². The molecule has 0 saturated carbocycles. The minimum Gasteiger partial charge on any atom is -0.497 e. The number of hydrogen-bond donors (Lipinski definition) is 1. The van der Waals surface area contributed by atoms with Crippen molar-refractivity contribution < 1.29 is 19.4 Å². The molecule has 1 aromatic carbocycles. The monoisotopic (exact) mass is 279 g/mol. The van der Waals surface area contributed by atoms with Crippen LogP contribution in [0.5, 0.6) is 5.75 Å². The van der Waals surface area contributed by atoms with Gasteiger partial charge in [-0.25, -0.2) is 0 Å². The lowest BCUT2D eigenvalue weighted by Gasteiger charge is -2.34. The van der Waals surface area contributed by atoms with E-state index in [1.54, 1.807) is 12.0 Å². The van der Waals surface area contributed by atoms with Crippen molar-refractivity contribution >= 4 is 5.91 Å². The molecule has 2 rings (SSSR count). The van der Waals surface area contributed by atoms with E-state index in [2.05, 4.69) is 0 Å². The Labute approximate surface area is 119 Å². The maximum Gasteiger partial charge on any atom is 0.223 e. The predicted molar refractivity (Wildman–Crippen MR) is 74.7 cm³/mol. The molecule has 1 aromatic rings. The number of methoxy groups -OCH3 is 1. The fraction of sp³-hybridized carbons (Fsp3) is 0.533. The number of aryl methyl sites for hydroxylation is 1. The second-order valence-corrected chi connectivity index (χ2v) is 4.85. The first kappa shape index (κ1) is 14.8. The van der Waals surface area contributed by atoms with Crippen LogP contribution in [0.2, 0.25) is 0 Å². The third kappa shape index (κ3) is 3.71. The molecule has 1 unspecified atom stereocenters. The number of benzene rings is 1. The molecule has 1 fully saturated rings. The number of amides is 1. The fourth-order valence-corrected chi connectivity index (χ4v) is 2.32. The summed E-state index contributed by atoms with van der Waals surface area (Å²) in [5.74, 6) is 0.886. The van der Waals surface area contributed by atoms with Crippen LogP contribution in [0.15, 0.2) is 24.3 Å². The number of aliphatic hydroxyl groups excluding tert-OH is 1. The van der Waals surface area contributed by atoms with E-state index in [1.807, 2.05) is 24.3 Å². The van der Waals surface area contributed by atoms with Crippen molar-refractivity contribution in [1.82, 2.24) is 4.90 Å². The highest BCUT2D eigenvalue weighted by Gasteiger charge is 2.26. The van der Waals surface area contributed by atoms with Gasteiger partial charge >= 0.3 is 0 Å². The van der Waals surface area contributed by atoms with Crippen LogP contribution in [-0.4, -0.2) is 55.4 Å². The molecule has 1 N–H and O–H groups in total. The van der Waals surface area contributed by atoms with Gasteiger partial charge in [0.15, 0.2) is 0 Å². The van der Waals surface area contributed by atoms with Gasteiger partial charge in [0.1, 0.15) is 5.75 Å². The van der Waals surface area contributed by atoms with Gasteiger partial charge in [-0.05, 0) is 24.1 Å². The molecule has 0 radical (unpaired) electrons. The molecule has 110 valence electrons. The molecule has 0 spiro atoms. The lowest BCUT2D eigenvalue weighted by molar-refractivity contribution is -0.141. The summed E-state index contributed by atoms with van der Waals surface area (Å²) in [6.07, 6.45) is 1.14. The Kier molecular flexibility index (Phi) is 5.38. The standard InChI is InChI=1S/C15H21NO4/c1-19-14-5-2-12(3-6-14)4-7-15(18)16-8-9-20-11-13(16)10-17/h2-3,5-6,13,17H,4,7-11H2,1H3. The first-order valence-electron chi connectivity index (χ1n) is 6.85. The molecular formula is C15H21NO4. The summed E-state index contributed by atoms with van der Waals surface area (Å²) in [7, 11) is 1.63. The van der Waals surface area contributed by atoms with Gasteiger partial charge in [-0.3, -0.25) is 4.79 Å². The van der Waals surface area contributed by atoms with Gasteiger partial charge in [0.25, 0.3) is 0 Å². The molecular weight excluding hydrogens is 258 g/mol. The van der Waals surface area contributed by atoms with Crippen LogP contribution in [0.25, 0.3) is 0 Å². The second-order valence-electron chi connectivity index (χ2n) is 4.85. The van der Waals surface area contributed by atoms with Gasteiger partial charge in [-0.2, -0.15) is 0 Å². The zero-order valence-electron chi connectivity index (χ0n) is 11.7. The van der Waals surface area contributed by atoms with Crippen LogP contribution in [0, 0.1) is 0 Å². The van der Waals surface area contributed by atoms with E-state index in [-0.39, 0.29) is 18.6 Å². The maximum absolute atomic E-state index is 12.2. The third-order valence-corrected chi connectivity index (χ3v) is 3.55. The zero-order chi connectivity index (χ0) is 14.4. The Morgan fingerprint density at radius 3 is 2.85 bits per heavy atom. The number of nitrogens with zero attached hydrogens (tertiary/aromatic N) is 1. The van der Waals surface area contributed by atoms with Crippen LogP contribution >= 0.6 is 0 Å². The van der Waals surface area contributed by atoms with E-state index < -0.39 is 0 Å². The van der Waals surface area contributed by atoms with E-state index >= 15 is 0 Å². The van der Waals surface area contributed by atoms with E-state index in [4.69, 9.17) is 9.47 Å². The SMILES string of the molecule is COc1ccc(CCC(=O)N2CCOCC2CO)cc1. The molecule has 0 aliphatic carbocycles. The summed E-state index contributed by atoms with van der Waals surface area (Å²) >= 11 is 0. The van der Waals surface area contributed by atoms with Crippen molar-refractivity contribution in [3.05, 3.63) is 29.8 Å². The lowest BCUT2D eigenvalue weighted by atomic mass is 10.1. The van der Waals surface area contributed by atoms with Gasteiger partial charge in [0, 0.05) is 13.0 Å². The van der Waals surface area contributed by atoms with E-state index in [0.717, 1.165) is 11.3 Å². The van der Waals surface area contributed by atoms with E-state index in [9.17, 15) is 9.90 Å². The number of carbonyl (C=O) groups excluding carboxylic acids is 1. The lowest BCUT2D eigenvalue weighted by Crippen LogP contribution is -2.50. The highest BCUT2D eigenvalue weighted by molar-refractivity contribution is 5.77. The first-order chi connectivity index (χ1) is 9.74. The van der Waals surface area contributed by atoms with E-state index in [0.29, 0.717) is 32.6 Å². The van der Waals surface area contributed by atoms with Gasteiger partial charge in [-0.15, -0.1) is 0 Å². The minimum absolute atomic E-state index is 0.0473. The molecule has 0 bridgehead atoms. The van der Waals surface area contributed by atoms with Gasteiger partial charge in [-0.1, -0.05) is 12.1 Å². The molecule has 1 aliphatic heterocycles. The average molecular weight is 279 g/mol. The largest absolute Gasteiger partial charge is 0.497 e. The number of rotatable bonds is 5. The summed E-state index contributed by atoms with van der Waals surface area (Å²) in [5, 5.41) is 9.27. The number of hydrogen-bond acceptors (Lipinski definition) is 4. The van der Waals surface area contributed by atoms with Gasteiger partial charge in [0.05, 0.1) is 33.0 Å². The van der Waals surface area contributed by atoms with Crippen molar-refractivity contribution in [2.75, 3.05) is 33.5 Å². The summed E-state index contributed by atoms with van der Waals surface area (Å²) < 4.78 is 10.4. The van der Waals surface area contributed by atoms with Gasteiger partial charge < -0.3 is 19.5 Å². The quantitative estimate of drug-likeness (QED) is 0.868. The van der Waals surface area contributed by atoms with Crippen molar-refractivity contribution in [3.8, 4) is 5.75 Å². The summed E-state index contributed by atoms with van der Waals surface area (Å²) in [6.45, 7) is 1.48. The fourth-order valence-electron chi connectivity index (χ4n) is 2.32. The Morgan fingerprint density at radius 1 is 1.45 bits per heavy atom. The van der Waals surface area contributed by atoms with Crippen LogP contribution in [-0.2, 0) is 16.0 Å². The Morgan fingerprint density at radius 2 is 2.20 bits per heavy atom. The smallest absolute Gasteiger partial charge is 0.223 e. The predicted octanol–water partition coefficient (Wildman–Crippen LogP) is 0.847. The molecule has 5 nitrogen and oxygen atoms in total. The Bertz CT molecular complexity index is 432. The molecule has 1 aliphatic rings. The van der Waals surface area contributed by atoms with Crippen molar-refractivity contribution in [1.29, 1.82) is 0 Å². The molecule has 0 aromatic heterocycles. The van der Waals surface area contributed by atoms with Crippen molar-refractivity contribution in [2.24, 2.45) is 0 Å². The number of carbonyl (C=O) groups is 1. The van der Waals surface area contributed by atoms with Crippen molar-refractivity contribution in [2.45, 2.75) is 18.9 Å². The van der Waals surface area contributed by atoms with Crippen LogP contribution in [0.4, 0.5) is 0 Å². The highest BCUT2D eigenvalue weighted by atomic mass is 16.5. The molecule has 1 heterocycles. The number of ether oxygens (including phenoxy) is 2. The molecule has 1 amide bonds. The molecule has 5 heteroatoms. The molecule has 1 saturated heterocycles. The summed E-state index contributed by atoms with van der Waals surface area (Å²) in [4.78, 5) is 13.9. The Balaban J connectivity index is 1.87. The summed E-state index contributed by atoms with van der Waals surface area (Å²) in [5.41, 5.74) is 1.10. The van der Waals surface area contributed by atoms with Crippen LogP contribution in [0.1, 0.15) is 12.0 Å². The van der Waals surface area contributed by atoms with Gasteiger partial charge in [0.2, 0.25) is 5.91 Å². The Hall–Kier alpha value is -1.59. The maximum atomic E-state index is 12.2. The van der Waals surface area contributed by atoms with E-state index in [1.165, 1.54) is 0 Å². The molecule has 1 atom stereocenters. The van der Waals surface area contributed by atoms with Crippen LogP contribution in [0.3, 0.4) is 0 Å². The normalized spacial score (nSPS) is 18.9.